The van der Waals surface area contributed by atoms with Crippen LogP contribution in [-0.4, -0.2) is 26.6 Å². The molecule has 0 aliphatic carbocycles. The van der Waals surface area contributed by atoms with Crippen molar-refractivity contribution in [3.8, 4) is 11.3 Å². The number of amides is 1. The maximum Gasteiger partial charge on any atom is 0.257 e. The number of benzene rings is 2. The number of carbonyl (C=O) groups excluding carboxylic acids is 2. The standard InChI is InChI=1S/C22H16N4O2/c1-14(27)15-6-8-16(9-7-15)20-12-21(25-13-24-20)26-22(28)18-10-11-23-19-5-3-2-4-17(18)19/h2-13H,1H3,(H,24,25,26,28). The van der Waals surface area contributed by atoms with Gasteiger partial charge in [0.2, 0.25) is 0 Å². The lowest BCUT2D eigenvalue weighted by Gasteiger charge is -2.08. The van der Waals surface area contributed by atoms with Gasteiger partial charge in [0.1, 0.15) is 12.1 Å². The lowest BCUT2D eigenvalue weighted by molar-refractivity contribution is 0.101. The van der Waals surface area contributed by atoms with Crippen molar-refractivity contribution in [2.24, 2.45) is 0 Å². The highest BCUT2D eigenvalue weighted by Crippen LogP contribution is 2.21. The Kier molecular flexibility index (Phi) is 4.60. The van der Waals surface area contributed by atoms with Crippen molar-refractivity contribution in [3.05, 3.63) is 84.3 Å². The van der Waals surface area contributed by atoms with Crippen molar-refractivity contribution in [1.29, 1.82) is 0 Å². The Morgan fingerprint density at radius 2 is 1.68 bits per heavy atom. The van der Waals surface area contributed by atoms with Crippen molar-refractivity contribution in [1.82, 2.24) is 15.0 Å². The van der Waals surface area contributed by atoms with Gasteiger partial charge in [-0.25, -0.2) is 9.97 Å². The van der Waals surface area contributed by atoms with Gasteiger partial charge in [-0.05, 0) is 19.1 Å². The summed E-state index contributed by atoms with van der Waals surface area (Å²) in [6.07, 6.45) is 3.01. The highest BCUT2D eigenvalue weighted by atomic mass is 16.1. The minimum Gasteiger partial charge on any atom is -0.306 e. The molecule has 4 aromatic rings. The summed E-state index contributed by atoms with van der Waals surface area (Å²) in [7, 11) is 0. The highest BCUT2D eigenvalue weighted by molar-refractivity contribution is 6.12. The summed E-state index contributed by atoms with van der Waals surface area (Å²) in [5, 5.41) is 3.59. The average Bonchev–Trinajstić information content (AvgIpc) is 2.73. The van der Waals surface area contributed by atoms with E-state index in [-0.39, 0.29) is 11.7 Å². The van der Waals surface area contributed by atoms with E-state index in [1.165, 1.54) is 13.3 Å². The second-order valence-electron chi connectivity index (χ2n) is 6.25. The zero-order valence-corrected chi connectivity index (χ0v) is 15.1. The van der Waals surface area contributed by atoms with E-state index in [4.69, 9.17) is 0 Å². The van der Waals surface area contributed by atoms with Gasteiger partial charge in [-0.1, -0.05) is 42.5 Å². The number of para-hydroxylation sites is 1. The largest absolute Gasteiger partial charge is 0.306 e. The Balaban J connectivity index is 1.61. The summed E-state index contributed by atoms with van der Waals surface area (Å²) in [4.78, 5) is 36.9. The summed E-state index contributed by atoms with van der Waals surface area (Å²) in [5.41, 5.74) is 3.40. The van der Waals surface area contributed by atoms with Crippen molar-refractivity contribution in [2.75, 3.05) is 5.32 Å². The molecule has 0 saturated carbocycles. The molecule has 6 heteroatoms. The number of aromatic nitrogens is 3. The molecule has 6 nitrogen and oxygen atoms in total. The number of fused-ring (bicyclic) bond motifs is 1. The number of rotatable bonds is 4. The fourth-order valence-corrected chi connectivity index (χ4v) is 2.94. The number of Topliss-reactive ketones (excluding diaryl/α,β-unsaturated/α-hetero) is 1. The van der Waals surface area contributed by atoms with E-state index in [1.807, 2.05) is 36.4 Å². The minimum absolute atomic E-state index is 0.00627. The quantitative estimate of drug-likeness (QED) is 0.547. The van der Waals surface area contributed by atoms with Crippen molar-refractivity contribution in [3.63, 3.8) is 0 Å². The second-order valence-corrected chi connectivity index (χ2v) is 6.25. The molecule has 2 aromatic heterocycles. The first-order valence-electron chi connectivity index (χ1n) is 8.70. The van der Waals surface area contributed by atoms with Crippen LogP contribution in [-0.2, 0) is 0 Å². The highest BCUT2D eigenvalue weighted by Gasteiger charge is 2.12. The topological polar surface area (TPSA) is 84.8 Å². The SMILES string of the molecule is CC(=O)c1ccc(-c2cc(NC(=O)c3ccnc4ccccc34)ncn2)cc1. The predicted molar refractivity (Wildman–Crippen MR) is 107 cm³/mol. The Morgan fingerprint density at radius 3 is 2.46 bits per heavy atom. The van der Waals surface area contributed by atoms with Gasteiger partial charge in [-0.3, -0.25) is 14.6 Å². The molecule has 0 saturated heterocycles. The summed E-state index contributed by atoms with van der Waals surface area (Å²) in [5.74, 6) is 0.133. The van der Waals surface area contributed by atoms with E-state index in [1.54, 1.807) is 30.5 Å². The predicted octanol–water partition coefficient (Wildman–Crippen LogP) is 4.15. The monoisotopic (exact) mass is 368 g/mol. The third kappa shape index (κ3) is 3.48. The van der Waals surface area contributed by atoms with Crippen LogP contribution in [0.4, 0.5) is 5.82 Å². The van der Waals surface area contributed by atoms with Crippen LogP contribution in [0.3, 0.4) is 0 Å². The normalized spacial score (nSPS) is 10.6. The maximum absolute atomic E-state index is 12.8. The molecule has 4 rings (SSSR count). The molecule has 28 heavy (non-hydrogen) atoms. The van der Waals surface area contributed by atoms with E-state index in [0.717, 1.165) is 16.5 Å². The molecule has 0 atom stereocenters. The summed E-state index contributed by atoms with van der Waals surface area (Å²) in [6, 6.07) is 18.0. The molecule has 1 N–H and O–H groups in total. The van der Waals surface area contributed by atoms with Gasteiger partial charge in [0, 0.05) is 28.8 Å². The number of nitrogens with zero attached hydrogens (tertiary/aromatic N) is 3. The molecule has 0 radical (unpaired) electrons. The third-order valence-corrected chi connectivity index (χ3v) is 4.39. The molecule has 0 bridgehead atoms. The van der Waals surface area contributed by atoms with E-state index in [9.17, 15) is 9.59 Å². The van der Waals surface area contributed by atoms with Gasteiger partial charge in [0.15, 0.2) is 5.78 Å². The minimum atomic E-state index is -0.268. The summed E-state index contributed by atoms with van der Waals surface area (Å²) < 4.78 is 0. The molecule has 0 fully saturated rings. The number of anilines is 1. The van der Waals surface area contributed by atoms with Crippen molar-refractivity contribution < 1.29 is 9.59 Å². The zero-order chi connectivity index (χ0) is 19.5. The first-order chi connectivity index (χ1) is 13.6. The lowest BCUT2D eigenvalue weighted by Crippen LogP contribution is -2.13. The molecule has 0 aliphatic heterocycles. The van der Waals surface area contributed by atoms with Gasteiger partial charge in [0.25, 0.3) is 5.91 Å². The number of hydrogen-bond acceptors (Lipinski definition) is 5. The number of pyridine rings is 1. The van der Waals surface area contributed by atoms with Gasteiger partial charge in [-0.2, -0.15) is 0 Å². The Hall–Kier alpha value is -3.93. The lowest BCUT2D eigenvalue weighted by atomic mass is 10.1. The molecule has 1 amide bonds. The van der Waals surface area contributed by atoms with E-state index in [2.05, 4.69) is 20.3 Å². The number of carbonyl (C=O) groups is 2. The summed E-state index contributed by atoms with van der Waals surface area (Å²) in [6.45, 7) is 1.52. The second kappa shape index (κ2) is 7.36. The van der Waals surface area contributed by atoms with Crippen LogP contribution in [0.25, 0.3) is 22.2 Å². The molecular weight excluding hydrogens is 352 g/mol. The molecule has 2 aromatic carbocycles. The Labute approximate surface area is 161 Å². The Morgan fingerprint density at radius 1 is 0.893 bits per heavy atom. The molecule has 136 valence electrons. The van der Waals surface area contributed by atoms with Crippen molar-refractivity contribution >= 4 is 28.4 Å². The van der Waals surface area contributed by atoms with Gasteiger partial charge >= 0.3 is 0 Å². The molecule has 0 aliphatic rings. The van der Waals surface area contributed by atoms with Crippen LogP contribution in [0, 0.1) is 0 Å². The first kappa shape index (κ1) is 17.5. The van der Waals surface area contributed by atoms with Crippen LogP contribution in [0.2, 0.25) is 0 Å². The summed E-state index contributed by atoms with van der Waals surface area (Å²) >= 11 is 0. The number of ketones is 1. The smallest absolute Gasteiger partial charge is 0.257 e. The molecule has 2 heterocycles. The number of hydrogen-bond donors (Lipinski definition) is 1. The van der Waals surface area contributed by atoms with E-state index >= 15 is 0 Å². The first-order valence-corrected chi connectivity index (χ1v) is 8.70. The van der Waals surface area contributed by atoms with Gasteiger partial charge < -0.3 is 5.32 Å². The average molecular weight is 368 g/mol. The molecule has 0 spiro atoms. The van der Waals surface area contributed by atoms with Crippen LogP contribution < -0.4 is 5.32 Å². The van der Waals surface area contributed by atoms with E-state index in [0.29, 0.717) is 22.6 Å². The fraction of sp³-hybridized carbons (Fsp3) is 0.0455. The van der Waals surface area contributed by atoms with Crippen LogP contribution in [0.15, 0.2) is 73.2 Å². The Bertz CT molecular complexity index is 1180. The molecular formula is C22H16N4O2. The fourth-order valence-electron chi connectivity index (χ4n) is 2.94. The van der Waals surface area contributed by atoms with Crippen LogP contribution in [0.5, 0.6) is 0 Å². The van der Waals surface area contributed by atoms with E-state index < -0.39 is 0 Å². The van der Waals surface area contributed by atoms with Gasteiger partial charge in [-0.15, -0.1) is 0 Å². The third-order valence-electron chi connectivity index (χ3n) is 4.39. The van der Waals surface area contributed by atoms with Gasteiger partial charge in [0.05, 0.1) is 16.8 Å². The number of nitrogens with one attached hydrogen (secondary N) is 1. The van der Waals surface area contributed by atoms with Crippen LogP contribution in [0.1, 0.15) is 27.6 Å². The van der Waals surface area contributed by atoms with Crippen LogP contribution >= 0.6 is 0 Å². The maximum atomic E-state index is 12.8. The zero-order valence-electron chi connectivity index (χ0n) is 15.1. The van der Waals surface area contributed by atoms with Crippen molar-refractivity contribution in [2.45, 2.75) is 6.92 Å². The molecule has 0 unspecified atom stereocenters.